The van der Waals surface area contributed by atoms with Gasteiger partial charge in [0.05, 0.1) is 0 Å². The molecular formula is C45H86O6. The van der Waals surface area contributed by atoms with E-state index in [1.54, 1.807) is 0 Å². The Bertz CT molecular complexity index is 781. The monoisotopic (exact) mass is 723 g/mol. The van der Waals surface area contributed by atoms with E-state index in [0.29, 0.717) is 19.3 Å². The van der Waals surface area contributed by atoms with Crippen LogP contribution >= 0.6 is 0 Å². The van der Waals surface area contributed by atoms with E-state index in [9.17, 15) is 14.4 Å². The van der Waals surface area contributed by atoms with Gasteiger partial charge in [-0.05, 0) is 31.1 Å². The first-order valence-corrected chi connectivity index (χ1v) is 22.3. The quantitative estimate of drug-likeness (QED) is 0.0357. The molecule has 0 radical (unpaired) electrons. The topological polar surface area (TPSA) is 78.9 Å². The summed E-state index contributed by atoms with van der Waals surface area (Å²) in [6, 6.07) is 0. The Hall–Kier alpha value is -1.59. The second kappa shape index (κ2) is 38.1. The van der Waals surface area contributed by atoms with Crippen LogP contribution in [0.25, 0.3) is 0 Å². The molecule has 302 valence electrons. The van der Waals surface area contributed by atoms with Gasteiger partial charge in [0.25, 0.3) is 0 Å². The average molecular weight is 723 g/mol. The van der Waals surface area contributed by atoms with Gasteiger partial charge >= 0.3 is 17.9 Å². The van der Waals surface area contributed by atoms with Crippen molar-refractivity contribution < 1.29 is 28.6 Å². The molecule has 6 heteroatoms. The summed E-state index contributed by atoms with van der Waals surface area (Å²) >= 11 is 0. The lowest BCUT2D eigenvalue weighted by Crippen LogP contribution is -2.30. The molecule has 0 aromatic rings. The van der Waals surface area contributed by atoms with Crippen LogP contribution < -0.4 is 0 Å². The summed E-state index contributed by atoms with van der Waals surface area (Å²) in [5.74, 6) is 0.807. The number of esters is 3. The first-order chi connectivity index (χ1) is 24.8. The van der Waals surface area contributed by atoms with E-state index in [4.69, 9.17) is 14.2 Å². The molecule has 1 unspecified atom stereocenters. The minimum atomic E-state index is -0.759. The molecule has 0 bridgehead atoms. The van der Waals surface area contributed by atoms with Crippen LogP contribution in [0.5, 0.6) is 0 Å². The first-order valence-electron chi connectivity index (χ1n) is 22.3. The molecular weight excluding hydrogens is 636 g/mol. The van der Waals surface area contributed by atoms with Crippen molar-refractivity contribution in [1.82, 2.24) is 0 Å². The summed E-state index contributed by atoms with van der Waals surface area (Å²) in [5, 5.41) is 0. The van der Waals surface area contributed by atoms with Crippen molar-refractivity contribution in [3.63, 3.8) is 0 Å². The molecule has 0 aliphatic rings. The summed E-state index contributed by atoms with van der Waals surface area (Å²) in [6.07, 6.45) is 35.2. The molecule has 6 nitrogen and oxygen atoms in total. The number of unbranched alkanes of at least 4 members (excludes halogenated alkanes) is 23. The van der Waals surface area contributed by atoms with Crippen molar-refractivity contribution in [2.45, 2.75) is 246 Å². The lowest BCUT2D eigenvalue weighted by molar-refractivity contribution is -0.167. The van der Waals surface area contributed by atoms with Crippen LogP contribution in [0.2, 0.25) is 0 Å². The summed E-state index contributed by atoms with van der Waals surface area (Å²) in [7, 11) is 0. The molecule has 0 fully saturated rings. The van der Waals surface area contributed by atoms with Gasteiger partial charge in [0.2, 0.25) is 0 Å². The number of hydrogen-bond donors (Lipinski definition) is 0. The second-order valence-corrected chi connectivity index (χ2v) is 16.1. The number of carbonyl (C=O) groups excluding carboxylic acids is 3. The van der Waals surface area contributed by atoms with Crippen LogP contribution in [0.4, 0.5) is 0 Å². The lowest BCUT2D eigenvalue weighted by Gasteiger charge is -2.18. The van der Waals surface area contributed by atoms with Crippen molar-refractivity contribution in [2.75, 3.05) is 13.2 Å². The van der Waals surface area contributed by atoms with Crippen LogP contribution in [0.15, 0.2) is 0 Å². The third-order valence-corrected chi connectivity index (χ3v) is 10.3. The van der Waals surface area contributed by atoms with Crippen LogP contribution in [0, 0.1) is 11.8 Å². The van der Waals surface area contributed by atoms with Gasteiger partial charge in [-0.1, -0.05) is 202 Å². The van der Waals surface area contributed by atoms with Crippen molar-refractivity contribution in [1.29, 1.82) is 0 Å². The fourth-order valence-corrected chi connectivity index (χ4v) is 6.54. The number of hydrogen-bond acceptors (Lipinski definition) is 6. The maximum absolute atomic E-state index is 12.7. The van der Waals surface area contributed by atoms with Gasteiger partial charge in [0, 0.05) is 19.3 Å². The Morgan fingerprint density at radius 2 is 0.745 bits per heavy atom. The molecule has 0 N–H and O–H groups in total. The first kappa shape index (κ1) is 49.4. The van der Waals surface area contributed by atoms with Crippen molar-refractivity contribution in [3.05, 3.63) is 0 Å². The van der Waals surface area contributed by atoms with E-state index in [2.05, 4.69) is 34.6 Å². The second-order valence-electron chi connectivity index (χ2n) is 16.1. The van der Waals surface area contributed by atoms with Gasteiger partial charge in [0.15, 0.2) is 6.10 Å². The summed E-state index contributed by atoms with van der Waals surface area (Å²) in [5.41, 5.74) is 0. The Balaban J connectivity index is 4.30. The van der Waals surface area contributed by atoms with Crippen molar-refractivity contribution >= 4 is 17.9 Å². The average Bonchev–Trinajstić information content (AvgIpc) is 3.11. The molecule has 0 aromatic carbocycles. The normalized spacial score (nSPS) is 12.6. The Kier molecular flexibility index (Phi) is 37.0. The molecule has 0 aromatic heterocycles. The Morgan fingerprint density at radius 1 is 0.412 bits per heavy atom. The van der Waals surface area contributed by atoms with Crippen molar-refractivity contribution in [2.24, 2.45) is 11.8 Å². The summed E-state index contributed by atoms with van der Waals surface area (Å²) < 4.78 is 16.6. The predicted octanol–water partition coefficient (Wildman–Crippen LogP) is 13.8. The standard InChI is InChI=1S/C45H86O6/c1-6-8-9-10-18-25-30-35-43(46)49-38-42(39-50-44(47)36-31-26-21-17-16-20-24-29-34-41(5)7-2)51-45(48)37-32-27-22-15-13-11-12-14-19-23-28-33-40(3)4/h40-42H,6-39H2,1-5H3/t41?,42-/m1/s1. The predicted molar refractivity (Wildman–Crippen MR) is 215 cm³/mol. The zero-order chi connectivity index (χ0) is 37.6. The number of carbonyl (C=O) groups is 3. The molecule has 0 heterocycles. The molecule has 0 saturated carbocycles. The van der Waals surface area contributed by atoms with Gasteiger partial charge < -0.3 is 14.2 Å². The van der Waals surface area contributed by atoms with Crippen LogP contribution in [-0.2, 0) is 28.6 Å². The van der Waals surface area contributed by atoms with Crippen LogP contribution in [0.3, 0.4) is 0 Å². The molecule has 0 aliphatic carbocycles. The molecule has 0 aliphatic heterocycles. The minimum absolute atomic E-state index is 0.0658. The molecule has 0 amide bonds. The van der Waals surface area contributed by atoms with Gasteiger partial charge in [0.1, 0.15) is 13.2 Å². The maximum atomic E-state index is 12.7. The third-order valence-electron chi connectivity index (χ3n) is 10.3. The Morgan fingerprint density at radius 3 is 1.12 bits per heavy atom. The smallest absolute Gasteiger partial charge is 0.306 e. The van der Waals surface area contributed by atoms with E-state index in [0.717, 1.165) is 69.6 Å². The summed E-state index contributed by atoms with van der Waals surface area (Å²) in [6.45, 7) is 11.3. The zero-order valence-electron chi connectivity index (χ0n) is 34.7. The zero-order valence-corrected chi connectivity index (χ0v) is 34.7. The van der Waals surface area contributed by atoms with Gasteiger partial charge in [-0.15, -0.1) is 0 Å². The van der Waals surface area contributed by atoms with E-state index in [-0.39, 0.29) is 31.1 Å². The summed E-state index contributed by atoms with van der Waals surface area (Å²) in [4.78, 5) is 37.5. The highest BCUT2D eigenvalue weighted by Crippen LogP contribution is 2.17. The van der Waals surface area contributed by atoms with Gasteiger partial charge in [-0.25, -0.2) is 0 Å². The van der Waals surface area contributed by atoms with E-state index < -0.39 is 6.10 Å². The molecule has 2 atom stereocenters. The Labute approximate surface area is 317 Å². The fraction of sp³-hybridized carbons (Fsp3) is 0.933. The molecule has 0 spiro atoms. The highest BCUT2D eigenvalue weighted by atomic mass is 16.6. The lowest BCUT2D eigenvalue weighted by atomic mass is 9.99. The van der Waals surface area contributed by atoms with Crippen LogP contribution in [0.1, 0.15) is 240 Å². The largest absolute Gasteiger partial charge is 0.462 e. The molecule has 51 heavy (non-hydrogen) atoms. The van der Waals surface area contributed by atoms with E-state index >= 15 is 0 Å². The SMILES string of the molecule is CCCCCCCCCC(=O)OC[C@H](COC(=O)CCCCCCCCCCC(C)CC)OC(=O)CCCCCCCCCCCCCC(C)C. The highest BCUT2D eigenvalue weighted by Gasteiger charge is 2.19. The maximum Gasteiger partial charge on any atom is 0.306 e. The van der Waals surface area contributed by atoms with E-state index in [1.165, 1.54) is 128 Å². The van der Waals surface area contributed by atoms with Gasteiger partial charge in [-0.2, -0.15) is 0 Å². The van der Waals surface area contributed by atoms with Crippen LogP contribution in [-0.4, -0.2) is 37.2 Å². The van der Waals surface area contributed by atoms with Gasteiger partial charge in [-0.3, -0.25) is 14.4 Å². The molecule has 0 rings (SSSR count). The molecule has 0 saturated heterocycles. The third kappa shape index (κ3) is 38.0. The number of ether oxygens (including phenoxy) is 3. The minimum Gasteiger partial charge on any atom is -0.462 e. The highest BCUT2D eigenvalue weighted by molar-refractivity contribution is 5.71. The fourth-order valence-electron chi connectivity index (χ4n) is 6.54. The van der Waals surface area contributed by atoms with Crippen molar-refractivity contribution in [3.8, 4) is 0 Å². The van der Waals surface area contributed by atoms with E-state index in [1.807, 2.05) is 0 Å². The number of rotatable bonds is 39.